The molecule has 0 bridgehead atoms. The molecule has 0 radical (unpaired) electrons. The highest BCUT2D eigenvalue weighted by Gasteiger charge is 2.18. The SMILES string of the molecule is COc1ccc(N=Nc2cc(C)c(N=Nc3cc(C)c(N=Nc4c(SOOO)cc5cc(Nc6ccccc6)ccc5c4O)cc3C)cc2C)c(S(=O)(=O)O)c1. The lowest BCUT2D eigenvalue weighted by Gasteiger charge is -2.12. The Balaban J connectivity index is 1.23. The summed E-state index contributed by atoms with van der Waals surface area (Å²) >= 11 is 0.662. The molecule has 15 nitrogen and oxygen atoms in total. The number of fused-ring (bicyclic) bond motifs is 1. The average molecular weight is 794 g/mol. The summed E-state index contributed by atoms with van der Waals surface area (Å²) in [5.41, 5.74) is 6.87. The monoisotopic (exact) mass is 793 g/mol. The van der Waals surface area contributed by atoms with Crippen molar-refractivity contribution in [2.24, 2.45) is 30.7 Å². The summed E-state index contributed by atoms with van der Waals surface area (Å²) in [5.74, 6) is 0.105. The van der Waals surface area contributed by atoms with Gasteiger partial charge in [-0.25, -0.2) is 5.26 Å². The Morgan fingerprint density at radius 3 is 1.73 bits per heavy atom. The van der Waals surface area contributed by atoms with Crippen LogP contribution in [-0.4, -0.2) is 30.4 Å². The number of nitrogens with one attached hydrogen (secondary N) is 1. The molecule has 0 atom stereocenters. The maximum atomic E-state index is 11.9. The average Bonchev–Trinajstić information content (AvgIpc) is 3.17. The molecule has 0 aliphatic rings. The van der Waals surface area contributed by atoms with E-state index in [0.717, 1.165) is 28.1 Å². The molecule has 6 aromatic rings. The fourth-order valence-corrected chi connectivity index (χ4v) is 6.70. The van der Waals surface area contributed by atoms with E-state index in [2.05, 4.69) is 41.0 Å². The molecule has 286 valence electrons. The van der Waals surface area contributed by atoms with Crippen LogP contribution in [0.1, 0.15) is 22.3 Å². The van der Waals surface area contributed by atoms with Crippen molar-refractivity contribution in [3.8, 4) is 11.5 Å². The second kappa shape index (κ2) is 17.2. The fourth-order valence-electron chi connectivity index (χ4n) is 5.56. The molecule has 0 fully saturated rings. The normalized spacial score (nSPS) is 12.1. The topological polar surface area (TPSA) is 209 Å². The van der Waals surface area contributed by atoms with E-state index in [1.807, 2.05) is 69.3 Å². The van der Waals surface area contributed by atoms with Crippen LogP contribution in [0.3, 0.4) is 0 Å². The number of azo groups is 3. The van der Waals surface area contributed by atoms with Gasteiger partial charge in [-0.15, -0.1) is 14.6 Å². The van der Waals surface area contributed by atoms with Crippen LogP contribution in [0.25, 0.3) is 10.8 Å². The maximum absolute atomic E-state index is 11.9. The summed E-state index contributed by atoms with van der Waals surface area (Å²) in [4.78, 5) is -0.0885. The number of nitrogens with zero attached hydrogens (tertiary/aromatic N) is 6. The zero-order valence-corrected chi connectivity index (χ0v) is 32.3. The van der Waals surface area contributed by atoms with Crippen molar-refractivity contribution in [1.82, 2.24) is 0 Å². The summed E-state index contributed by atoms with van der Waals surface area (Å²) in [7, 11) is -3.20. The summed E-state index contributed by atoms with van der Waals surface area (Å²) in [6.45, 7) is 7.34. The molecule has 0 amide bonds. The van der Waals surface area contributed by atoms with Crippen LogP contribution in [0.4, 0.5) is 45.5 Å². The molecule has 0 aliphatic heterocycles. The third kappa shape index (κ3) is 9.23. The van der Waals surface area contributed by atoms with Crippen molar-refractivity contribution >= 4 is 78.4 Å². The van der Waals surface area contributed by atoms with Gasteiger partial charge in [-0.2, -0.15) is 28.9 Å². The molecule has 0 heterocycles. The second-order valence-electron chi connectivity index (χ2n) is 12.5. The molecule has 0 spiro atoms. The number of para-hydroxylation sites is 1. The summed E-state index contributed by atoms with van der Waals surface area (Å²) in [5, 5.41) is 54.6. The summed E-state index contributed by atoms with van der Waals surface area (Å²) in [6, 6.07) is 28.1. The van der Waals surface area contributed by atoms with Gasteiger partial charge < -0.3 is 15.2 Å². The van der Waals surface area contributed by atoms with Crippen LogP contribution < -0.4 is 10.1 Å². The van der Waals surface area contributed by atoms with Gasteiger partial charge in [0, 0.05) is 22.8 Å². The molecule has 0 saturated heterocycles. The Bertz CT molecular complexity index is 2640. The number of phenolic OH excluding ortho intramolecular Hbond substituents is 1. The minimum Gasteiger partial charge on any atom is -0.505 e. The highest BCUT2D eigenvalue weighted by atomic mass is 32.2. The van der Waals surface area contributed by atoms with E-state index in [-0.39, 0.29) is 22.9 Å². The summed E-state index contributed by atoms with van der Waals surface area (Å²) < 4.78 is 43.3. The van der Waals surface area contributed by atoms with E-state index in [1.54, 1.807) is 37.3 Å². The molecular weight excluding hydrogens is 759 g/mol. The number of rotatable bonds is 13. The van der Waals surface area contributed by atoms with Gasteiger partial charge in [0.1, 0.15) is 22.0 Å². The van der Waals surface area contributed by atoms with Crippen LogP contribution in [0, 0.1) is 27.7 Å². The second-order valence-corrected chi connectivity index (χ2v) is 14.6. The van der Waals surface area contributed by atoms with Gasteiger partial charge in [0.15, 0.2) is 5.75 Å². The van der Waals surface area contributed by atoms with Gasteiger partial charge in [0.2, 0.25) is 0 Å². The van der Waals surface area contributed by atoms with Crippen LogP contribution >= 0.6 is 12.0 Å². The van der Waals surface area contributed by atoms with Crippen LogP contribution in [0.15, 0.2) is 138 Å². The van der Waals surface area contributed by atoms with Gasteiger partial charge >= 0.3 is 0 Å². The Kier molecular flexibility index (Phi) is 12.1. The molecule has 0 saturated carbocycles. The maximum Gasteiger partial charge on any atom is 0.296 e. The van der Waals surface area contributed by atoms with Crippen LogP contribution in [0.2, 0.25) is 0 Å². The van der Waals surface area contributed by atoms with E-state index < -0.39 is 15.0 Å². The third-order valence-corrected chi connectivity index (χ3v) is 10.0. The smallest absolute Gasteiger partial charge is 0.296 e. The number of phenols is 1. The standard InChI is InChI=1S/C39H35N7O8S2/c1-22-16-33(23(2)15-32(22)42-41-31-14-12-29(52-5)21-37(31)56(49,50)51)43-44-34-17-25(4)35(18-24(34)3)45-46-38-36(55-54-53-48)20-26-19-28(11-13-30(26)39(38)47)40-27-9-7-6-8-10-27/h6-21,40,47-48H,1-5H3,(H,49,50,51). The van der Waals surface area contributed by atoms with Crippen molar-refractivity contribution in [2.45, 2.75) is 37.5 Å². The molecule has 6 aromatic carbocycles. The van der Waals surface area contributed by atoms with E-state index in [1.165, 1.54) is 25.3 Å². The largest absolute Gasteiger partial charge is 0.505 e. The first-order valence-corrected chi connectivity index (χ1v) is 18.9. The van der Waals surface area contributed by atoms with Crippen molar-refractivity contribution in [2.75, 3.05) is 12.4 Å². The van der Waals surface area contributed by atoms with Gasteiger partial charge in [-0.1, -0.05) is 23.2 Å². The predicted octanol–water partition coefficient (Wildman–Crippen LogP) is 12.5. The minimum atomic E-state index is -4.58. The third-order valence-electron chi connectivity index (χ3n) is 8.53. The number of methoxy groups -OCH3 is 1. The Hall–Kier alpha value is -6.08. The predicted molar refractivity (Wildman–Crippen MR) is 213 cm³/mol. The number of hydrogen-bond acceptors (Lipinski definition) is 15. The van der Waals surface area contributed by atoms with Crippen molar-refractivity contribution < 1.29 is 37.4 Å². The zero-order valence-electron chi connectivity index (χ0n) is 30.6. The van der Waals surface area contributed by atoms with E-state index in [4.69, 9.17) is 14.3 Å². The highest BCUT2D eigenvalue weighted by Crippen LogP contribution is 2.45. The molecule has 0 aromatic heterocycles. The number of aromatic hydroxyl groups is 1. The Labute approximate surface area is 326 Å². The quantitative estimate of drug-likeness (QED) is 0.0286. The van der Waals surface area contributed by atoms with E-state index in [9.17, 15) is 18.1 Å². The Morgan fingerprint density at radius 2 is 1.20 bits per heavy atom. The number of ether oxygens (including phenoxy) is 1. The fraction of sp³-hybridized carbons (Fsp3) is 0.128. The molecule has 17 heteroatoms. The number of hydrogen-bond donors (Lipinski definition) is 4. The zero-order chi connectivity index (χ0) is 40.0. The van der Waals surface area contributed by atoms with E-state index in [0.29, 0.717) is 56.0 Å². The van der Waals surface area contributed by atoms with Crippen LogP contribution in [-0.2, 0) is 19.5 Å². The first-order valence-electron chi connectivity index (χ1n) is 16.7. The van der Waals surface area contributed by atoms with Gasteiger partial charge in [0.25, 0.3) is 10.1 Å². The highest BCUT2D eigenvalue weighted by molar-refractivity contribution is 7.94. The molecule has 0 unspecified atom stereocenters. The van der Waals surface area contributed by atoms with Gasteiger partial charge in [-0.05, 0) is 128 Å². The first-order chi connectivity index (χ1) is 26.8. The first kappa shape index (κ1) is 39.6. The number of aryl methyl sites for hydroxylation is 4. The van der Waals surface area contributed by atoms with Crippen molar-refractivity contribution in [1.29, 1.82) is 0 Å². The van der Waals surface area contributed by atoms with Crippen molar-refractivity contribution in [3.63, 3.8) is 0 Å². The van der Waals surface area contributed by atoms with E-state index >= 15 is 0 Å². The van der Waals surface area contributed by atoms with Crippen LogP contribution in [0.5, 0.6) is 11.5 Å². The molecule has 6 rings (SSSR count). The van der Waals surface area contributed by atoms with Gasteiger partial charge in [0.05, 0.1) is 46.8 Å². The minimum absolute atomic E-state index is 0.0485. The molecule has 0 aliphatic carbocycles. The lowest BCUT2D eigenvalue weighted by atomic mass is 10.1. The Morgan fingerprint density at radius 1 is 0.643 bits per heavy atom. The molecule has 4 N–H and O–H groups in total. The van der Waals surface area contributed by atoms with Crippen molar-refractivity contribution in [3.05, 3.63) is 119 Å². The lowest BCUT2D eigenvalue weighted by molar-refractivity contribution is -0.432. The lowest BCUT2D eigenvalue weighted by Crippen LogP contribution is -1.99. The number of anilines is 2. The summed E-state index contributed by atoms with van der Waals surface area (Å²) in [6.07, 6.45) is 0. The molecule has 56 heavy (non-hydrogen) atoms. The van der Waals surface area contributed by atoms with Gasteiger partial charge in [-0.3, -0.25) is 4.55 Å². The molecular formula is C39H35N7O8S2. The number of benzene rings is 6.